The Morgan fingerprint density at radius 1 is 1.06 bits per heavy atom. The zero-order chi connectivity index (χ0) is 23.2. The molecule has 1 aromatic heterocycles. The van der Waals surface area contributed by atoms with Gasteiger partial charge in [-0.15, -0.1) is 0 Å². The molecule has 8 nitrogen and oxygen atoms in total. The van der Waals surface area contributed by atoms with Gasteiger partial charge in [0, 0.05) is 49.8 Å². The number of anilines is 5. The van der Waals surface area contributed by atoms with E-state index in [-0.39, 0.29) is 0 Å². The molecule has 0 spiro atoms. The Kier molecular flexibility index (Phi) is 6.91. The highest BCUT2D eigenvalue weighted by molar-refractivity contribution is 5.68. The van der Waals surface area contributed by atoms with Crippen LogP contribution >= 0.6 is 0 Å². The van der Waals surface area contributed by atoms with Gasteiger partial charge in [-0.1, -0.05) is 17.7 Å². The van der Waals surface area contributed by atoms with Crippen molar-refractivity contribution in [2.24, 2.45) is 0 Å². The highest BCUT2D eigenvalue weighted by Crippen LogP contribution is 2.33. The second-order valence-corrected chi connectivity index (χ2v) is 8.19. The Bertz CT molecular complexity index is 1150. The summed E-state index contributed by atoms with van der Waals surface area (Å²) in [5, 5.41) is 15.7. The SMILES string of the molecule is COc1cc(Nc2nccc(Nc3ccc(C)cc3CC#N)n2)ccc1N1CCN(C)CC1. The van der Waals surface area contributed by atoms with Crippen LogP contribution in [0.3, 0.4) is 0 Å². The highest BCUT2D eigenvalue weighted by atomic mass is 16.5. The second-order valence-electron chi connectivity index (χ2n) is 8.19. The van der Waals surface area contributed by atoms with Crippen LogP contribution in [-0.4, -0.2) is 55.2 Å². The van der Waals surface area contributed by atoms with Crippen LogP contribution in [0.4, 0.5) is 28.8 Å². The summed E-state index contributed by atoms with van der Waals surface area (Å²) in [5.74, 6) is 1.94. The number of ether oxygens (including phenoxy) is 1. The van der Waals surface area contributed by atoms with E-state index in [0.29, 0.717) is 18.2 Å². The van der Waals surface area contributed by atoms with Gasteiger partial charge in [0.1, 0.15) is 11.6 Å². The van der Waals surface area contributed by atoms with Gasteiger partial charge >= 0.3 is 0 Å². The molecule has 0 saturated carbocycles. The largest absolute Gasteiger partial charge is 0.495 e. The van der Waals surface area contributed by atoms with Crippen LogP contribution in [0.5, 0.6) is 5.75 Å². The fraction of sp³-hybridized carbons (Fsp3) is 0.320. The van der Waals surface area contributed by atoms with Crippen molar-refractivity contribution in [3.05, 3.63) is 59.8 Å². The minimum Gasteiger partial charge on any atom is -0.495 e. The monoisotopic (exact) mass is 443 g/mol. The van der Waals surface area contributed by atoms with Crippen molar-refractivity contribution in [1.82, 2.24) is 14.9 Å². The maximum Gasteiger partial charge on any atom is 0.229 e. The van der Waals surface area contributed by atoms with Crippen molar-refractivity contribution in [1.29, 1.82) is 5.26 Å². The van der Waals surface area contributed by atoms with Gasteiger partial charge < -0.3 is 25.2 Å². The lowest BCUT2D eigenvalue weighted by molar-refractivity contribution is 0.311. The van der Waals surface area contributed by atoms with Crippen molar-refractivity contribution >= 4 is 28.8 Å². The average Bonchev–Trinajstić information content (AvgIpc) is 2.82. The molecular formula is C25H29N7O. The highest BCUT2D eigenvalue weighted by Gasteiger charge is 2.18. The number of benzene rings is 2. The van der Waals surface area contributed by atoms with Crippen LogP contribution in [0.1, 0.15) is 11.1 Å². The number of hydrogen-bond acceptors (Lipinski definition) is 8. The molecule has 0 aliphatic carbocycles. The van der Waals surface area contributed by atoms with Gasteiger partial charge in [0.2, 0.25) is 5.95 Å². The first-order valence-electron chi connectivity index (χ1n) is 11.0. The minimum absolute atomic E-state index is 0.333. The fourth-order valence-electron chi connectivity index (χ4n) is 3.90. The van der Waals surface area contributed by atoms with Gasteiger partial charge in [0.15, 0.2) is 0 Å². The van der Waals surface area contributed by atoms with Crippen LogP contribution in [0, 0.1) is 18.3 Å². The predicted molar refractivity (Wildman–Crippen MR) is 132 cm³/mol. The van der Waals surface area contributed by atoms with E-state index < -0.39 is 0 Å². The average molecular weight is 444 g/mol. The number of nitrogens with zero attached hydrogens (tertiary/aromatic N) is 5. The Labute approximate surface area is 194 Å². The number of nitriles is 1. The number of aromatic nitrogens is 2. The van der Waals surface area contributed by atoms with Crippen molar-refractivity contribution in [2.45, 2.75) is 13.3 Å². The molecule has 33 heavy (non-hydrogen) atoms. The first-order chi connectivity index (χ1) is 16.1. The Hall–Kier alpha value is -3.83. The lowest BCUT2D eigenvalue weighted by Crippen LogP contribution is -2.44. The minimum atomic E-state index is 0.333. The zero-order valence-corrected chi connectivity index (χ0v) is 19.3. The third-order valence-electron chi connectivity index (χ3n) is 5.73. The van der Waals surface area contributed by atoms with E-state index >= 15 is 0 Å². The fourth-order valence-corrected chi connectivity index (χ4v) is 3.90. The maximum absolute atomic E-state index is 9.14. The summed E-state index contributed by atoms with van der Waals surface area (Å²) in [4.78, 5) is 13.6. The Morgan fingerprint density at radius 3 is 2.64 bits per heavy atom. The third kappa shape index (κ3) is 5.51. The van der Waals surface area contributed by atoms with E-state index in [1.54, 1.807) is 19.4 Å². The van der Waals surface area contributed by atoms with E-state index in [0.717, 1.165) is 60.1 Å². The van der Waals surface area contributed by atoms with Gasteiger partial charge in [0.05, 0.1) is 25.3 Å². The number of nitrogens with one attached hydrogen (secondary N) is 2. The summed E-state index contributed by atoms with van der Waals surface area (Å²) < 4.78 is 5.68. The molecule has 0 atom stereocenters. The molecule has 8 heteroatoms. The van der Waals surface area contributed by atoms with Crippen molar-refractivity contribution < 1.29 is 4.74 Å². The summed E-state index contributed by atoms with van der Waals surface area (Å²) in [6.07, 6.45) is 2.03. The molecule has 2 N–H and O–H groups in total. The second kappa shape index (κ2) is 10.2. The molecule has 1 saturated heterocycles. The van der Waals surface area contributed by atoms with E-state index in [1.807, 2.05) is 37.3 Å². The van der Waals surface area contributed by atoms with Crippen LogP contribution in [0.25, 0.3) is 0 Å². The van der Waals surface area contributed by atoms with Gasteiger partial charge in [-0.3, -0.25) is 0 Å². The Morgan fingerprint density at radius 2 is 1.88 bits per heavy atom. The van der Waals surface area contributed by atoms with Gasteiger partial charge in [-0.25, -0.2) is 4.98 Å². The van der Waals surface area contributed by atoms with Crippen LogP contribution in [0.2, 0.25) is 0 Å². The molecular weight excluding hydrogens is 414 g/mol. The van der Waals surface area contributed by atoms with Crippen molar-refractivity contribution in [2.75, 3.05) is 55.9 Å². The zero-order valence-electron chi connectivity index (χ0n) is 19.3. The molecule has 1 aliphatic heterocycles. The molecule has 1 aliphatic rings. The standard InChI is InChI=1S/C25H29N7O/c1-18-4-6-21(19(16-18)8-10-26)29-24-9-11-27-25(30-24)28-20-5-7-22(23(17-20)33-3)32-14-12-31(2)13-15-32/h4-7,9,11,16-17H,8,12-15H2,1-3H3,(H2,27,28,29,30). The lowest BCUT2D eigenvalue weighted by atomic mass is 10.1. The number of likely N-dealkylation sites (N-methyl/N-ethyl adjacent to an activating group) is 1. The summed E-state index contributed by atoms with van der Waals surface area (Å²) >= 11 is 0. The van der Waals surface area contributed by atoms with Crippen molar-refractivity contribution in [3.63, 3.8) is 0 Å². The molecule has 0 unspecified atom stereocenters. The van der Waals surface area contributed by atoms with Gasteiger partial charge in [-0.05, 0) is 43.8 Å². The van der Waals surface area contributed by atoms with E-state index in [2.05, 4.69) is 49.6 Å². The van der Waals surface area contributed by atoms with Gasteiger partial charge in [0.25, 0.3) is 0 Å². The molecule has 4 rings (SSSR count). The predicted octanol–water partition coefficient (Wildman–Crippen LogP) is 4.10. The molecule has 2 heterocycles. The first-order valence-corrected chi connectivity index (χ1v) is 11.0. The maximum atomic E-state index is 9.14. The Balaban J connectivity index is 1.50. The molecule has 0 amide bonds. The first kappa shape index (κ1) is 22.4. The normalized spacial score (nSPS) is 13.9. The van der Waals surface area contributed by atoms with Crippen LogP contribution in [0.15, 0.2) is 48.7 Å². The summed E-state index contributed by atoms with van der Waals surface area (Å²) in [7, 11) is 3.84. The third-order valence-corrected chi connectivity index (χ3v) is 5.73. The van der Waals surface area contributed by atoms with Crippen molar-refractivity contribution in [3.8, 4) is 11.8 Å². The molecule has 3 aromatic rings. The number of rotatable bonds is 7. The lowest BCUT2D eigenvalue weighted by Gasteiger charge is -2.34. The summed E-state index contributed by atoms with van der Waals surface area (Å²) in [6, 6.07) is 16.1. The summed E-state index contributed by atoms with van der Waals surface area (Å²) in [5.41, 5.74) is 4.86. The number of hydrogen-bond donors (Lipinski definition) is 2. The van der Waals surface area contributed by atoms with E-state index in [9.17, 15) is 0 Å². The number of aryl methyl sites for hydroxylation is 1. The summed E-state index contributed by atoms with van der Waals surface area (Å²) in [6.45, 7) is 6.04. The smallest absolute Gasteiger partial charge is 0.229 e. The van der Waals surface area contributed by atoms with Gasteiger partial charge in [-0.2, -0.15) is 10.2 Å². The van der Waals surface area contributed by atoms with Crippen LogP contribution < -0.4 is 20.3 Å². The molecule has 0 radical (unpaired) electrons. The number of methoxy groups -OCH3 is 1. The molecule has 1 fully saturated rings. The molecule has 0 bridgehead atoms. The van der Waals surface area contributed by atoms with E-state index in [1.165, 1.54) is 0 Å². The van der Waals surface area contributed by atoms with Crippen LogP contribution in [-0.2, 0) is 6.42 Å². The number of piperazine rings is 1. The quantitative estimate of drug-likeness (QED) is 0.564. The molecule has 2 aromatic carbocycles. The molecule has 170 valence electrons. The topological polar surface area (TPSA) is 89.3 Å². The van der Waals surface area contributed by atoms with E-state index in [4.69, 9.17) is 10.00 Å².